The van der Waals surface area contributed by atoms with Crippen LogP contribution in [0, 0.1) is 0 Å². The smallest absolute Gasteiger partial charge is 0.261 e. The van der Waals surface area contributed by atoms with E-state index in [0.29, 0.717) is 29.8 Å². The summed E-state index contributed by atoms with van der Waals surface area (Å²) in [5.74, 6) is 1.25. The zero-order valence-corrected chi connectivity index (χ0v) is 21.3. The molecule has 1 aromatic heterocycles. The van der Waals surface area contributed by atoms with Crippen LogP contribution in [0.3, 0.4) is 0 Å². The highest BCUT2D eigenvalue weighted by Gasteiger charge is 2.17. The van der Waals surface area contributed by atoms with Gasteiger partial charge in [-0.2, -0.15) is 0 Å². The third-order valence-electron chi connectivity index (χ3n) is 5.46. The van der Waals surface area contributed by atoms with Crippen molar-refractivity contribution >= 4 is 23.6 Å². The summed E-state index contributed by atoms with van der Waals surface area (Å²) in [5, 5.41) is 14.9. The number of ether oxygens (including phenoxy) is 1. The molecule has 0 bridgehead atoms. The van der Waals surface area contributed by atoms with Gasteiger partial charge in [-0.3, -0.25) is 9.59 Å². The van der Waals surface area contributed by atoms with Gasteiger partial charge in [0.15, 0.2) is 17.1 Å². The normalized spacial score (nSPS) is 11.6. The maximum atomic E-state index is 12.5. The third-order valence-corrected chi connectivity index (χ3v) is 6.42. The van der Waals surface area contributed by atoms with Crippen LogP contribution >= 0.6 is 11.8 Å². The predicted octanol–water partition coefficient (Wildman–Crippen LogP) is 3.40. The van der Waals surface area contributed by atoms with Gasteiger partial charge in [-0.15, -0.1) is 10.2 Å². The lowest BCUT2D eigenvalue weighted by molar-refractivity contribution is -0.127. The van der Waals surface area contributed by atoms with Crippen LogP contribution in [0.5, 0.6) is 5.75 Å². The predicted molar refractivity (Wildman–Crippen MR) is 137 cm³/mol. The molecule has 2 amide bonds. The maximum Gasteiger partial charge on any atom is 0.261 e. The molecule has 0 aliphatic rings. The Labute approximate surface area is 210 Å². The SMILES string of the molecule is CCc1ccc(O[C@H](C)C(=O)NCc2nnc(SCC(=O)NCCc3ccccc3)n2CC)cc1. The molecule has 35 heavy (non-hydrogen) atoms. The van der Waals surface area contributed by atoms with Crippen molar-refractivity contribution in [3.63, 3.8) is 0 Å². The molecular formula is C26H33N5O3S. The van der Waals surface area contributed by atoms with E-state index >= 15 is 0 Å². The van der Waals surface area contributed by atoms with Gasteiger partial charge < -0.3 is 19.9 Å². The highest BCUT2D eigenvalue weighted by molar-refractivity contribution is 7.99. The quantitative estimate of drug-likeness (QED) is 0.353. The van der Waals surface area contributed by atoms with E-state index in [4.69, 9.17) is 4.74 Å². The van der Waals surface area contributed by atoms with E-state index in [2.05, 4.69) is 27.8 Å². The van der Waals surface area contributed by atoms with Gasteiger partial charge in [0.25, 0.3) is 5.91 Å². The Hall–Kier alpha value is -3.33. The molecule has 2 aromatic carbocycles. The molecule has 3 aromatic rings. The molecule has 0 radical (unpaired) electrons. The lowest BCUT2D eigenvalue weighted by Gasteiger charge is -2.15. The number of aromatic nitrogens is 3. The van der Waals surface area contributed by atoms with Gasteiger partial charge in [0.2, 0.25) is 5.91 Å². The molecule has 0 unspecified atom stereocenters. The number of hydrogen-bond donors (Lipinski definition) is 2. The average Bonchev–Trinajstić information content (AvgIpc) is 3.28. The van der Waals surface area contributed by atoms with E-state index < -0.39 is 6.10 Å². The van der Waals surface area contributed by atoms with Gasteiger partial charge in [-0.25, -0.2) is 0 Å². The van der Waals surface area contributed by atoms with Crippen LogP contribution in [0.25, 0.3) is 0 Å². The summed E-state index contributed by atoms with van der Waals surface area (Å²) in [6.07, 6.45) is 1.10. The van der Waals surface area contributed by atoms with Crippen LogP contribution in [0.1, 0.15) is 37.7 Å². The number of nitrogens with one attached hydrogen (secondary N) is 2. The fourth-order valence-corrected chi connectivity index (χ4v) is 4.27. The van der Waals surface area contributed by atoms with Crippen molar-refractivity contribution < 1.29 is 14.3 Å². The summed E-state index contributed by atoms with van der Waals surface area (Å²) < 4.78 is 7.65. The van der Waals surface area contributed by atoms with Crippen molar-refractivity contribution in [2.24, 2.45) is 0 Å². The highest BCUT2D eigenvalue weighted by atomic mass is 32.2. The Kier molecular flexibility index (Phi) is 10.2. The molecule has 8 nitrogen and oxygen atoms in total. The van der Waals surface area contributed by atoms with Crippen molar-refractivity contribution in [2.45, 2.75) is 58.0 Å². The summed E-state index contributed by atoms with van der Waals surface area (Å²) >= 11 is 1.33. The lowest BCUT2D eigenvalue weighted by atomic mass is 10.1. The number of rotatable bonds is 13. The Morgan fingerprint density at radius 1 is 1.00 bits per heavy atom. The molecule has 0 fully saturated rings. The standard InChI is InChI=1S/C26H33N5O3S/c1-4-20-11-13-22(14-12-20)34-19(3)25(33)28-17-23-29-30-26(31(23)5-2)35-18-24(32)27-16-15-21-9-7-6-8-10-21/h6-14,19H,4-5,15-18H2,1-3H3,(H,27,32)(H,28,33)/t19-/m1/s1. The van der Waals surface area contributed by atoms with Crippen LogP contribution in [0.2, 0.25) is 0 Å². The molecule has 1 heterocycles. The number of carbonyl (C=O) groups excluding carboxylic acids is 2. The fraction of sp³-hybridized carbons (Fsp3) is 0.385. The molecule has 1 atom stereocenters. The molecule has 0 spiro atoms. The second-order valence-electron chi connectivity index (χ2n) is 7.99. The molecule has 2 N–H and O–H groups in total. The number of benzene rings is 2. The van der Waals surface area contributed by atoms with Gasteiger partial charge in [-0.1, -0.05) is 61.2 Å². The second kappa shape index (κ2) is 13.5. The van der Waals surface area contributed by atoms with Crippen LogP contribution < -0.4 is 15.4 Å². The van der Waals surface area contributed by atoms with Gasteiger partial charge >= 0.3 is 0 Å². The average molecular weight is 496 g/mol. The molecule has 0 aliphatic heterocycles. The summed E-state index contributed by atoms with van der Waals surface area (Å²) in [7, 11) is 0. The molecule has 0 saturated carbocycles. The zero-order chi connectivity index (χ0) is 25.0. The minimum Gasteiger partial charge on any atom is -0.481 e. The number of nitrogens with zero attached hydrogens (tertiary/aromatic N) is 3. The Morgan fingerprint density at radius 2 is 1.74 bits per heavy atom. The molecular weight excluding hydrogens is 462 g/mol. The van der Waals surface area contributed by atoms with E-state index in [1.807, 2.05) is 66.1 Å². The largest absolute Gasteiger partial charge is 0.481 e. The van der Waals surface area contributed by atoms with E-state index in [9.17, 15) is 9.59 Å². The number of amides is 2. The van der Waals surface area contributed by atoms with E-state index in [1.165, 1.54) is 22.9 Å². The van der Waals surface area contributed by atoms with Crippen LogP contribution in [0.4, 0.5) is 0 Å². The number of aryl methyl sites for hydroxylation is 1. The Balaban J connectivity index is 1.44. The Morgan fingerprint density at radius 3 is 2.43 bits per heavy atom. The minimum absolute atomic E-state index is 0.0515. The van der Waals surface area contributed by atoms with Crippen molar-refractivity contribution in [1.82, 2.24) is 25.4 Å². The number of hydrogen-bond acceptors (Lipinski definition) is 6. The first-order valence-corrected chi connectivity index (χ1v) is 12.9. The first-order chi connectivity index (χ1) is 17.0. The van der Waals surface area contributed by atoms with Gasteiger partial charge in [0.05, 0.1) is 12.3 Å². The summed E-state index contributed by atoms with van der Waals surface area (Å²) in [6, 6.07) is 17.8. The second-order valence-corrected chi connectivity index (χ2v) is 8.94. The fourth-order valence-electron chi connectivity index (χ4n) is 3.42. The van der Waals surface area contributed by atoms with Crippen LogP contribution in [0.15, 0.2) is 59.8 Å². The zero-order valence-electron chi connectivity index (χ0n) is 20.5. The first kappa shape index (κ1) is 26.3. The molecule has 3 rings (SSSR count). The van der Waals surface area contributed by atoms with Gasteiger partial charge in [0, 0.05) is 13.1 Å². The van der Waals surface area contributed by atoms with Crippen molar-refractivity contribution in [2.75, 3.05) is 12.3 Å². The maximum absolute atomic E-state index is 12.5. The van der Waals surface area contributed by atoms with Gasteiger partial charge in [0.1, 0.15) is 5.75 Å². The lowest BCUT2D eigenvalue weighted by Crippen LogP contribution is -2.36. The minimum atomic E-state index is -0.645. The monoisotopic (exact) mass is 495 g/mol. The summed E-state index contributed by atoms with van der Waals surface area (Å²) in [4.78, 5) is 24.7. The van der Waals surface area contributed by atoms with E-state index in [-0.39, 0.29) is 24.1 Å². The van der Waals surface area contributed by atoms with Crippen LogP contribution in [-0.2, 0) is 35.5 Å². The summed E-state index contributed by atoms with van der Waals surface area (Å²) in [6.45, 7) is 7.23. The number of thioether (sulfide) groups is 1. The topological polar surface area (TPSA) is 98.1 Å². The number of carbonyl (C=O) groups is 2. The summed E-state index contributed by atoms with van der Waals surface area (Å²) in [5.41, 5.74) is 2.40. The van der Waals surface area contributed by atoms with Crippen molar-refractivity contribution in [3.8, 4) is 5.75 Å². The highest BCUT2D eigenvalue weighted by Crippen LogP contribution is 2.17. The van der Waals surface area contributed by atoms with E-state index in [1.54, 1.807) is 6.92 Å². The van der Waals surface area contributed by atoms with E-state index in [0.717, 1.165) is 12.8 Å². The Bertz CT molecular complexity index is 1090. The molecule has 9 heteroatoms. The first-order valence-electron chi connectivity index (χ1n) is 11.9. The van der Waals surface area contributed by atoms with Crippen LogP contribution in [-0.4, -0.2) is 45.0 Å². The third kappa shape index (κ3) is 8.13. The molecule has 186 valence electrons. The van der Waals surface area contributed by atoms with Crippen molar-refractivity contribution in [3.05, 3.63) is 71.5 Å². The molecule has 0 saturated heterocycles. The van der Waals surface area contributed by atoms with Gasteiger partial charge in [-0.05, 0) is 49.9 Å². The van der Waals surface area contributed by atoms with Crippen molar-refractivity contribution in [1.29, 1.82) is 0 Å². The molecule has 0 aliphatic carbocycles.